The fraction of sp³-hybridized carbons (Fsp3) is 0.500. The van der Waals surface area contributed by atoms with Gasteiger partial charge in [-0.05, 0) is 30.7 Å². The summed E-state index contributed by atoms with van der Waals surface area (Å²) in [6.07, 6.45) is 0.960. The zero-order valence-electron chi connectivity index (χ0n) is 18.4. The second-order valence-electron chi connectivity index (χ2n) is 8.02. The normalized spacial score (nSPS) is 11.2. The van der Waals surface area contributed by atoms with E-state index < -0.39 is 0 Å². The molecule has 0 saturated heterocycles. The van der Waals surface area contributed by atoms with Crippen LogP contribution in [0.15, 0.2) is 30.3 Å². The van der Waals surface area contributed by atoms with E-state index in [9.17, 15) is 9.59 Å². The quantitative estimate of drug-likeness (QED) is 0.581. The molecule has 2 rings (SSSR count). The summed E-state index contributed by atoms with van der Waals surface area (Å²) in [5, 5.41) is 10.4. The molecule has 0 spiro atoms. The lowest BCUT2D eigenvalue weighted by Crippen LogP contribution is -2.26. The van der Waals surface area contributed by atoms with Gasteiger partial charge in [-0.25, -0.2) is 4.68 Å². The van der Waals surface area contributed by atoms with Crippen LogP contribution in [0, 0.1) is 0 Å². The van der Waals surface area contributed by atoms with E-state index in [1.807, 2.05) is 30.3 Å². The summed E-state index contributed by atoms with van der Waals surface area (Å²) in [6.45, 7) is 7.31. The summed E-state index contributed by atoms with van der Waals surface area (Å²) in [6, 6.07) is 9.30. The van der Waals surface area contributed by atoms with Gasteiger partial charge in [0.1, 0.15) is 11.6 Å². The van der Waals surface area contributed by atoms with Crippen LogP contribution < -0.4 is 15.4 Å². The Balaban J connectivity index is 2.07. The van der Waals surface area contributed by atoms with Gasteiger partial charge >= 0.3 is 0 Å². The Hall–Kier alpha value is -2.87. The number of nitrogens with one attached hydrogen (secondary N) is 2. The minimum atomic E-state index is -0.239. The number of methoxy groups -OCH3 is 2. The van der Waals surface area contributed by atoms with Crippen molar-refractivity contribution in [2.75, 3.05) is 32.7 Å². The molecule has 2 aromatic rings. The maximum Gasteiger partial charge on any atom is 0.226 e. The fourth-order valence-corrected chi connectivity index (χ4v) is 2.72. The molecule has 1 heterocycles. The molecular weight excluding hydrogens is 384 g/mol. The van der Waals surface area contributed by atoms with Gasteiger partial charge in [-0.1, -0.05) is 20.8 Å². The molecule has 0 aliphatic carbocycles. The van der Waals surface area contributed by atoms with Crippen molar-refractivity contribution in [3.05, 3.63) is 36.0 Å². The van der Waals surface area contributed by atoms with Crippen molar-refractivity contribution < 1.29 is 19.1 Å². The Morgan fingerprint density at radius 1 is 1.07 bits per heavy atom. The molecule has 30 heavy (non-hydrogen) atoms. The number of nitrogens with zero attached hydrogens (tertiary/aromatic N) is 2. The van der Waals surface area contributed by atoms with Crippen molar-refractivity contribution in [3.63, 3.8) is 0 Å². The van der Waals surface area contributed by atoms with Gasteiger partial charge in [0, 0.05) is 44.6 Å². The van der Waals surface area contributed by atoms with E-state index in [1.165, 1.54) is 0 Å². The van der Waals surface area contributed by atoms with E-state index in [-0.39, 0.29) is 30.1 Å². The van der Waals surface area contributed by atoms with Crippen LogP contribution in [0.2, 0.25) is 0 Å². The fourth-order valence-electron chi connectivity index (χ4n) is 2.72. The minimum absolute atomic E-state index is 0.0920. The van der Waals surface area contributed by atoms with E-state index >= 15 is 0 Å². The van der Waals surface area contributed by atoms with E-state index in [4.69, 9.17) is 9.47 Å². The molecule has 0 atom stereocenters. The SMILES string of the molecule is COCCCNC(=O)CCC(=O)Nc1cc(C(C)(C)C)nn1-c1ccc(OC)cc1. The number of ether oxygens (including phenoxy) is 2. The Kier molecular flexibility index (Phi) is 8.41. The number of hydrogen-bond acceptors (Lipinski definition) is 5. The maximum absolute atomic E-state index is 12.5. The summed E-state index contributed by atoms with van der Waals surface area (Å²) < 4.78 is 11.9. The first kappa shape index (κ1) is 23.4. The third kappa shape index (κ3) is 6.88. The highest BCUT2D eigenvalue weighted by molar-refractivity contribution is 5.92. The van der Waals surface area contributed by atoms with Gasteiger partial charge in [0.15, 0.2) is 0 Å². The first-order chi connectivity index (χ1) is 14.2. The van der Waals surface area contributed by atoms with Crippen LogP contribution >= 0.6 is 0 Å². The molecule has 0 fully saturated rings. The lowest BCUT2D eigenvalue weighted by atomic mass is 9.92. The molecular formula is C22H32N4O4. The molecule has 8 heteroatoms. The van der Waals surface area contributed by atoms with Gasteiger partial charge in [-0.2, -0.15) is 5.10 Å². The smallest absolute Gasteiger partial charge is 0.226 e. The number of carbonyl (C=O) groups is 2. The van der Waals surface area contributed by atoms with Crippen LogP contribution in [0.5, 0.6) is 5.75 Å². The Labute approximate surface area is 177 Å². The molecule has 0 unspecified atom stereocenters. The Bertz CT molecular complexity index is 838. The number of aromatic nitrogens is 2. The summed E-state index contributed by atoms with van der Waals surface area (Å²) >= 11 is 0. The number of carbonyl (C=O) groups excluding carboxylic acids is 2. The van der Waals surface area contributed by atoms with Crippen LogP contribution in [0.3, 0.4) is 0 Å². The molecule has 2 N–H and O–H groups in total. The van der Waals surface area contributed by atoms with Crippen LogP contribution in [0.25, 0.3) is 5.69 Å². The Morgan fingerprint density at radius 3 is 2.33 bits per heavy atom. The van der Waals surface area contributed by atoms with Crippen molar-refractivity contribution in [3.8, 4) is 11.4 Å². The molecule has 2 amide bonds. The van der Waals surface area contributed by atoms with Gasteiger partial charge in [-0.3, -0.25) is 9.59 Å². The molecule has 0 radical (unpaired) electrons. The average Bonchev–Trinajstić information content (AvgIpc) is 3.14. The van der Waals surface area contributed by atoms with Crippen LogP contribution in [0.1, 0.15) is 45.7 Å². The van der Waals surface area contributed by atoms with Gasteiger partial charge in [0.25, 0.3) is 0 Å². The highest BCUT2D eigenvalue weighted by atomic mass is 16.5. The van der Waals surface area contributed by atoms with Crippen molar-refractivity contribution in [1.29, 1.82) is 0 Å². The van der Waals surface area contributed by atoms with Gasteiger partial charge in [0.05, 0.1) is 18.5 Å². The number of rotatable bonds is 10. The third-order valence-corrected chi connectivity index (χ3v) is 4.49. The van der Waals surface area contributed by atoms with Crippen molar-refractivity contribution in [2.24, 2.45) is 0 Å². The second-order valence-corrected chi connectivity index (χ2v) is 8.02. The lowest BCUT2D eigenvalue weighted by Gasteiger charge is -2.14. The van der Waals surface area contributed by atoms with Crippen LogP contribution in [0.4, 0.5) is 5.82 Å². The topological polar surface area (TPSA) is 94.5 Å². The average molecular weight is 417 g/mol. The highest BCUT2D eigenvalue weighted by Crippen LogP contribution is 2.27. The number of hydrogen-bond donors (Lipinski definition) is 2. The second kappa shape index (κ2) is 10.8. The molecule has 1 aromatic heterocycles. The van der Waals surface area contributed by atoms with Crippen LogP contribution in [-0.4, -0.2) is 49.0 Å². The molecule has 0 saturated carbocycles. The molecule has 0 bridgehead atoms. The number of amides is 2. The van der Waals surface area contributed by atoms with E-state index in [2.05, 4.69) is 36.5 Å². The molecule has 1 aromatic carbocycles. The lowest BCUT2D eigenvalue weighted by molar-refractivity contribution is -0.124. The van der Waals surface area contributed by atoms with Crippen LogP contribution in [-0.2, 0) is 19.7 Å². The first-order valence-corrected chi connectivity index (χ1v) is 10.0. The van der Waals surface area contributed by atoms with E-state index in [0.29, 0.717) is 19.0 Å². The number of benzene rings is 1. The third-order valence-electron chi connectivity index (χ3n) is 4.49. The van der Waals surface area contributed by atoms with Crippen molar-refractivity contribution in [2.45, 2.75) is 45.4 Å². The summed E-state index contributed by atoms with van der Waals surface area (Å²) in [7, 11) is 3.23. The largest absolute Gasteiger partial charge is 0.497 e. The van der Waals surface area contributed by atoms with Gasteiger partial charge in [0.2, 0.25) is 11.8 Å². The zero-order valence-corrected chi connectivity index (χ0v) is 18.4. The monoisotopic (exact) mass is 416 g/mol. The highest BCUT2D eigenvalue weighted by Gasteiger charge is 2.21. The van der Waals surface area contributed by atoms with E-state index in [0.717, 1.165) is 23.6 Å². The predicted octanol–water partition coefficient (Wildman–Crippen LogP) is 3.05. The van der Waals surface area contributed by atoms with Gasteiger partial charge < -0.3 is 20.1 Å². The molecule has 0 aliphatic heterocycles. The summed E-state index contributed by atoms with van der Waals surface area (Å²) in [5.41, 5.74) is 1.47. The maximum atomic E-state index is 12.5. The molecule has 0 aliphatic rings. The van der Waals surface area contributed by atoms with Gasteiger partial charge in [-0.15, -0.1) is 0 Å². The predicted molar refractivity (Wildman–Crippen MR) is 116 cm³/mol. The zero-order chi connectivity index (χ0) is 22.1. The van der Waals surface area contributed by atoms with Crippen molar-refractivity contribution in [1.82, 2.24) is 15.1 Å². The minimum Gasteiger partial charge on any atom is -0.497 e. The first-order valence-electron chi connectivity index (χ1n) is 10.0. The molecule has 164 valence electrons. The number of anilines is 1. The van der Waals surface area contributed by atoms with Crippen molar-refractivity contribution >= 4 is 17.6 Å². The van der Waals surface area contributed by atoms with E-state index in [1.54, 1.807) is 18.9 Å². The Morgan fingerprint density at radius 2 is 1.73 bits per heavy atom. The summed E-state index contributed by atoms with van der Waals surface area (Å²) in [5.74, 6) is 0.914. The standard InChI is InChI=1S/C22H32N4O4/c1-22(2,3)18-15-19(26(25-18)16-7-9-17(30-5)10-8-16)24-21(28)12-11-20(27)23-13-6-14-29-4/h7-10,15H,6,11-14H2,1-5H3,(H,23,27)(H,24,28). The summed E-state index contributed by atoms with van der Waals surface area (Å²) in [4.78, 5) is 24.4. The molecule has 8 nitrogen and oxygen atoms in total.